The maximum atomic E-state index is 2.08. The third kappa shape index (κ3) is 9.82. The molecule has 0 aliphatic heterocycles. The average molecular weight is 405 g/mol. The summed E-state index contributed by atoms with van der Waals surface area (Å²) in [6.45, 7) is 6.25. The maximum absolute atomic E-state index is 2.08. The smallest absolute Gasteiger partial charge is 0.213 e. The van der Waals surface area contributed by atoms with E-state index in [0.29, 0.717) is 0 Å². The quantitative estimate of drug-likeness (QED) is 0.455. The summed E-state index contributed by atoms with van der Waals surface area (Å²) in [6, 6.07) is 24.7. The van der Waals surface area contributed by atoms with Gasteiger partial charge in [0.25, 0.3) is 0 Å². The number of rotatable bonds is 0. The van der Waals surface area contributed by atoms with Crippen LogP contribution in [0.2, 0.25) is 0 Å². The van der Waals surface area contributed by atoms with Crippen LogP contribution in [0.15, 0.2) is 72.8 Å². The van der Waals surface area contributed by atoms with Crippen molar-refractivity contribution in [2.45, 2.75) is 20.8 Å². The summed E-state index contributed by atoms with van der Waals surface area (Å²) in [4.78, 5) is 0. The van der Waals surface area contributed by atoms with E-state index in [-0.39, 0.29) is 37.3 Å². The summed E-state index contributed by atoms with van der Waals surface area (Å²) in [5.41, 5.74) is 4.03. The minimum absolute atomic E-state index is 0. The summed E-state index contributed by atoms with van der Waals surface area (Å²) in [5, 5.41) is 0. The zero-order valence-corrected chi connectivity index (χ0v) is 13.6. The molecule has 3 rings (SSSR count). The van der Waals surface area contributed by atoms with Gasteiger partial charge in [-0.1, -0.05) is 20.8 Å². The second kappa shape index (κ2) is 11.2. The normalized spacial score (nSPS) is 8.37. The van der Waals surface area contributed by atoms with Crippen LogP contribution in [0.4, 0.5) is 0 Å². The van der Waals surface area contributed by atoms with Crippen LogP contribution in [0.3, 0.4) is 0 Å². The summed E-state index contributed by atoms with van der Waals surface area (Å²) in [6.07, 6.45) is 0. The van der Waals surface area contributed by atoms with E-state index < -0.39 is 0 Å². The second-order valence-corrected chi connectivity index (χ2v) is 4.39. The molecular formula is C18H21Er. The van der Waals surface area contributed by atoms with Crippen molar-refractivity contribution in [3.8, 4) is 0 Å². The molecular weight excluding hydrogens is 383 g/mol. The molecule has 0 saturated heterocycles. The molecule has 3 aromatic carbocycles. The van der Waals surface area contributed by atoms with Crippen LogP contribution in [-0.2, 0) is 0 Å². The van der Waals surface area contributed by atoms with Gasteiger partial charge in [0.15, 0.2) is 0 Å². The van der Waals surface area contributed by atoms with Gasteiger partial charge >= 0.3 is 37.3 Å². The van der Waals surface area contributed by atoms with Gasteiger partial charge in [0, 0.05) is 0 Å². The standard InChI is InChI=1S/3C6H7.Er/c3*1-6-4-2-3-5-6;/h3*2-5H,1H3;/q3*-1;+3. The Labute approximate surface area is 146 Å². The molecule has 105 valence electrons. The van der Waals surface area contributed by atoms with Crippen molar-refractivity contribution in [3.63, 3.8) is 0 Å². The van der Waals surface area contributed by atoms with Gasteiger partial charge in [-0.15, -0.1) is 0 Å². The molecule has 0 amide bonds. The summed E-state index contributed by atoms with van der Waals surface area (Å²) in [5.74, 6) is 0. The van der Waals surface area contributed by atoms with E-state index in [2.05, 4.69) is 57.2 Å². The predicted octanol–water partition coefficient (Wildman–Crippen LogP) is 5.14. The van der Waals surface area contributed by atoms with E-state index in [9.17, 15) is 0 Å². The van der Waals surface area contributed by atoms with Crippen LogP contribution in [-0.4, -0.2) is 0 Å². The predicted molar refractivity (Wildman–Crippen MR) is 80.3 cm³/mol. The van der Waals surface area contributed by atoms with Crippen molar-refractivity contribution in [1.29, 1.82) is 0 Å². The van der Waals surface area contributed by atoms with Gasteiger partial charge in [0.1, 0.15) is 0 Å². The minimum Gasteiger partial charge on any atom is -0.213 e. The van der Waals surface area contributed by atoms with Crippen molar-refractivity contribution in [3.05, 3.63) is 89.5 Å². The first-order valence-electron chi connectivity index (χ1n) is 6.23. The Morgan fingerprint density at radius 1 is 0.421 bits per heavy atom. The van der Waals surface area contributed by atoms with Crippen LogP contribution in [0.1, 0.15) is 16.7 Å². The van der Waals surface area contributed by atoms with E-state index in [0.717, 1.165) is 0 Å². The molecule has 0 nitrogen and oxygen atoms in total. The van der Waals surface area contributed by atoms with Gasteiger partial charge < -0.3 is 0 Å². The first-order chi connectivity index (χ1) is 8.68. The second-order valence-electron chi connectivity index (χ2n) is 4.39. The molecule has 0 spiro atoms. The van der Waals surface area contributed by atoms with Gasteiger partial charge in [0.05, 0.1) is 0 Å². The van der Waals surface area contributed by atoms with Crippen LogP contribution in [0, 0.1) is 58.1 Å². The van der Waals surface area contributed by atoms with Crippen LogP contribution in [0.25, 0.3) is 0 Å². The molecule has 0 N–H and O–H groups in total. The van der Waals surface area contributed by atoms with Crippen molar-refractivity contribution in [2.75, 3.05) is 0 Å². The zero-order chi connectivity index (χ0) is 13.2. The molecule has 0 aliphatic rings. The maximum Gasteiger partial charge on any atom is 3.00 e. The minimum atomic E-state index is 0. The van der Waals surface area contributed by atoms with E-state index in [1.54, 1.807) is 0 Å². The first-order valence-corrected chi connectivity index (χ1v) is 6.23. The number of aryl methyl sites for hydroxylation is 3. The largest absolute Gasteiger partial charge is 3.00 e. The molecule has 0 saturated carbocycles. The molecule has 0 fully saturated rings. The molecule has 1 heteroatoms. The summed E-state index contributed by atoms with van der Waals surface area (Å²) in [7, 11) is 0. The van der Waals surface area contributed by atoms with Crippen molar-refractivity contribution in [1.82, 2.24) is 0 Å². The topological polar surface area (TPSA) is 0 Å². The van der Waals surface area contributed by atoms with E-state index in [1.807, 2.05) is 36.4 Å². The van der Waals surface area contributed by atoms with Crippen molar-refractivity contribution in [2.24, 2.45) is 0 Å². The Balaban J connectivity index is 0.000000249. The Morgan fingerprint density at radius 3 is 0.632 bits per heavy atom. The monoisotopic (exact) mass is 403 g/mol. The van der Waals surface area contributed by atoms with Gasteiger partial charge in [-0.25, -0.2) is 36.4 Å². The molecule has 3 aromatic rings. The Bertz CT molecular complexity index is 393. The Morgan fingerprint density at radius 2 is 0.579 bits per heavy atom. The Kier molecular flexibility index (Phi) is 10.7. The fraction of sp³-hybridized carbons (Fsp3) is 0.167. The van der Waals surface area contributed by atoms with Gasteiger partial charge in [0.2, 0.25) is 0 Å². The zero-order valence-electron chi connectivity index (χ0n) is 11.7. The summed E-state index contributed by atoms with van der Waals surface area (Å²) >= 11 is 0. The molecule has 0 bridgehead atoms. The third-order valence-electron chi connectivity index (χ3n) is 2.49. The van der Waals surface area contributed by atoms with Crippen molar-refractivity contribution < 1.29 is 37.3 Å². The fourth-order valence-corrected chi connectivity index (χ4v) is 1.41. The third-order valence-corrected chi connectivity index (χ3v) is 2.49. The number of hydrogen-bond donors (Lipinski definition) is 0. The van der Waals surface area contributed by atoms with Crippen LogP contribution < -0.4 is 0 Å². The SMILES string of the molecule is C[c-]1cccc1.C[c-]1cccc1.C[c-]1cccc1.[Er+3]. The molecule has 0 aromatic heterocycles. The number of hydrogen-bond acceptors (Lipinski definition) is 0. The average Bonchev–Trinajstić information content (AvgIpc) is 3.05. The molecule has 0 atom stereocenters. The Hall–Kier alpha value is -0.703. The van der Waals surface area contributed by atoms with Crippen molar-refractivity contribution >= 4 is 0 Å². The van der Waals surface area contributed by atoms with Gasteiger partial charge in [-0.2, -0.15) is 53.1 Å². The molecule has 0 aliphatic carbocycles. The molecule has 0 heterocycles. The van der Waals surface area contributed by atoms with E-state index in [4.69, 9.17) is 0 Å². The van der Waals surface area contributed by atoms with Crippen LogP contribution in [0.5, 0.6) is 0 Å². The fourth-order valence-electron chi connectivity index (χ4n) is 1.41. The van der Waals surface area contributed by atoms with Gasteiger partial charge in [-0.05, 0) is 0 Å². The van der Waals surface area contributed by atoms with E-state index in [1.165, 1.54) is 16.7 Å². The molecule has 19 heavy (non-hydrogen) atoms. The molecule has 1 radical (unpaired) electrons. The molecule has 0 unspecified atom stereocenters. The first kappa shape index (κ1) is 18.3. The van der Waals surface area contributed by atoms with Gasteiger partial charge in [-0.3, -0.25) is 0 Å². The van der Waals surface area contributed by atoms with Crippen LogP contribution >= 0.6 is 0 Å². The summed E-state index contributed by atoms with van der Waals surface area (Å²) < 4.78 is 0. The van der Waals surface area contributed by atoms with E-state index >= 15 is 0 Å².